The number of aromatic amines is 1. The predicted molar refractivity (Wildman–Crippen MR) is 109 cm³/mol. The zero-order valence-corrected chi connectivity index (χ0v) is 16.1. The van der Waals surface area contributed by atoms with E-state index in [2.05, 4.69) is 63.5 Å². The molecule has 0 amide bonds. The molecule has 0 aliphatic carbocycles. The lowest BCUT2D eigenvalue weighted by atomic mass is 10.1. The van der Waals surface area contributed by atoms with Gasteiger partial charge in [-0.25, -0.2) is 0 Å². The second-order valence-corrected chi connectivity index (χ2v) is 8.26. The summed E-state index contributed by atoms with van der Waals surface area (Å²) in [4.78, 5) is 10.1. The molecule has 0 radical (unpaired) electrons. The minimum atomic E-state index is 0.255. The fourth-order valence-corrected chi connectivity index (χ4v) is 4.78. The van der Waals surface area contributed by atoms with Crippen molar-refractivity contribution >= 4 is 22.2 Å². The number of fused-ring (bicyclic) bond motifs is 1. The topological polar surface area (TPSA) is 42.5 Å². The summed E-state index contributed by atoms with van der Waals surface area (Å²) in [7, 11) is 0. The number of benzene rings is 1. The number of H-pyrrole nitrogens is 1. The number of nitrogens with one attached hydrogen (secondary N) is 1. The van der Waals surface area contributed by atoms with Crippen molar-refractivity contribution in [1.29, 1.82) is 0 Å². The van der Waals surface area contributed by atoms with Gasteiger partial charge in [-0.3, -0.25) is 9.80 Å². The van der Waals surface area contributed by atoms with Crippen LogP contribution in [0.15, 0.2) is 41.8 Å². The van der Waals surface area contributed by atoms with Gasteiger partial charge in [0.25, 0.3) is 0 Å². The molecular weight excluding hydrogens is 342 g/mol. The van der Waals surface area contributed by atoms with Crippen LogP contribution in [0.3, 0.4) is 0 Å². The Balaban J connectivity index is 1.45. The van der Waals surface area contributed by atoms with Gasteiger partial charge in [0.05, 0.1) is 0 Å². The molecular formula is C21H27N3OS. The van der Waals surface area contributed by atoms with Crippen LogP contribution in [0.5, 0.6) is 0 Å². The number of para-hydroxylation sites is 1. The lowest BCUT2D eigenvalue weighted by Crippen LogP contribution is -2.52. The Kier molecular flexibility index (Phi) is 5.41. The quantitative estimate of drug-likeness (QED) is 0.698. The molecule has 1 aliphatic heterocycles. The number of piperazine rings is 1. The highest BCUT2D eigenvalue weighted by Crippen LogP contribution is 2.24. The van der Waals surface area contributed by atoms with Crippen molar-refractivity contribution in [2.75, 3.05) is 26.2 Å². The van der Waals surface area contributed by atoms with Crippen LogP contribution in [-0.2, 0) is 13.1 Å². The molecule has 4 rings (SSSR count). The van der Waals surface area contributed by atoms with Gasteiger partial charge in [0.2, 0.25) is 0 Å². The Hall–Kier alpha value is -1.66. The average Bonchev–Trinajstić information content (AvgIpc) is 3.26. The Bertz CT molecular complexity index is 842. The standard InChI is InChI=1S/C21H27N3OS/c1-16-19-6-2-3-7-20(19)22-21(16)15-23-9-10-24(17(13-23)8-11-25)14-18-5-4-12-26-18/h2-7,12,17,22,25H,8-11,13-15H2,1H3. The fraction of sp³-hybridized carbons (Fsp3) is 0.429. The zero-order valence-electron chi connectivity index (χ0n) is 15.3. The van der Waals surface area contributed by atoms with E-state index in [1.165, 1.54) is 27.0 Å². The molecule has 26 heavy (non-hydrogen) atoms. The van der Waals surface area contributed by atoms with Gasteiger partial charge in [0.1, 0.15) is 0 Å². The van der Waals surface area contributed by atoms with Gasteiger partial charge in [0.15, 0.2) is 0 Å². The van der Waals surface area contributed by atoms with Crippen LogP contribution in [0.2, 0.25) is 0 Å². The van der Waals surface area contributed by atoms with E-state index >= 15 is 0 Å². The first-order valence-corrected chi connectivity index (χ1v) is 10.3. The maximum atomic E-state index is 9.53. The molecule has 138 valence electrons. The van der Waals surface area contributed by atoms with Crippen molar-refractivity contribution in [3.63, 3.8) is 0 Å². The van der Waals surface area contributed by atoms with E-state index in [0.717, 1.165) is 39.1 Å². The van der Waals surface area contributed by atoms with Crippen molar-refractivity contribution in [2.45, 2.75) is 32.5 Å². The molecule has 3 heterocycles. The number of aromatic nitrogens is 1. The second-order valence-electron chi connectivity index (χ2n) is 7.23. The Labute approximate surface area is 159 Å². The van der Waals surface area contributed by atoms with E-state index in [-0.39, 0.29) is 6.61 Å². The van der Waals surface area contributed by atoms with Crippen LogP contribution in [0, 0.1) is 6.92 Å². The number of hydrogen-bond donors (Lipinski definition) is 2. The third-order valence-corrected chi connectivity index (χ3v) is 6.40. The van der Waals surface area contributed by atoms with Crippen molar-refractivity contribution in [2.24, 2.45) is 0 Å². The molecule has 2 N–H and O–H groups in total. The number of hydrogen-bond acceptors (Lipinski definition) is 4. The van der Waals surface area contributed by atoms with Gasteiger partial charge in [-0.1, -0.05) is 24.3 Å². The predicted octanol–water partition coefficient (Wildman–Crippen LogP) is 3.61. The zero-order chi connectivity index (χ0) is 17.9. The van der Waals surface area contributed by atoms with Gasteiger partial charge >= 0.3 is 0 Å². The SMILES string of the molecule is Cc1c(CN2CCN(Cc3cccs3)C(CCO)C2)[nH]c2ccccc12. The van der Waals surface area contributed by atoms with Crippen LogP contribution in [0.4, 0.5) is 0 Å². The summed E-state index contributed by atoms with van der Waals surface area (Å²) in [5.41, 5.74) is 3.91. The van der Waals surface area contributed by atoms with Crippen LogP contribution in [0.1, 0.15) is 22.6 Å². The summed E-state index contributed by atoms with van der Waals surface area (Å²) >= 11 is 1.82. The van der Waals surface area contributed by atoms with Crippen molar-refractivity contribution in [3.05, 3.63) is 57.9 Å². The molecule has 1 aliphatic rings. The third-order valence-electron chi connectivity index (χ3n) is 5.54. The van der Waals surface area contributed by atoms with E-state index in [1.807, 2.05) is 11.3 Å². The highest BCUT2D eigenvalue weighted by Gasteiger charge is 2.27. The molecule has 1 unspecified atom stereocenters. The first kappa shape index (κ1) is 17.7. The first-order chi connectivity index (χ1) is 12.7. The summed E-state index contributed by atoms with van der Waals surface area (Å²) in [6.45, 7) is 7.57. The van der Waals surface area contributed by atoms with Gasteiger partial charge in [0, 0.05) is 66.8 Å². The van der Waals surface area contributed by atoms with Crippen LogP contribution < -0.4 is 0 Å². The number of aliphatic hydroxyl groups is 1. The van der Waals surface area contributed by atoms with Crippen LogP contribution in [-0.4, -0.2) is 52.2 Å². The molecule has 0 saturated carbocycles. The van der Waals surface area contributed by atoms with E-state index in [9.17, 15) is 5.11 Å². The molecule has 2 aromatic heterocycles. The Morgan fingerprint density at radius 1 is 1.15 bits per heavy atom. The monoisotopic (exact) mass is 369 g/mol. The van der Waals surface area contributed by atoms with Crippen LogP contribution >= 0.6 is 11.3 Å². The van der Waals surface area contributed by atoms with Gasteiger partial charge in [-0.2, -0.15) is 0 Å². The van der Waals surface area contributed by atoms with Gasteiger partial charge < -0.3 is 10.1 Å². The molecule has 1 atom stereocenters. The number of aryl methyl sites for hydroxylation is 1. The number of thiophene rings is 1. The van der Waals surface area contributed by atoms with E-state index in [4.69, 9.17) is 0 Å². The minimum absolute atomic E-state index is 0.255. The molecule has 1 fully saturated rings. The highest BCUT2D eigenvalue weighted by molar-refractivity contribution is 7.09. The van der Waals surface area contributed by atoms with Gasteiger partial charge in [-0.05, 0) is 36.4 Å². The molecule has 4 nitrogen and oxygen atoms in total. The third kappa shape index (κ3) is 3.71. The van der Waals surface area contributed by atoms with Gasteiger partial charge in [-0.15, -0.1) is 11.3 Å². The summed E-state index contributed by atoms with van der Waals surface area (Å²) in [6, 6.07) is 13.3. The smallest absolute Gasteiger partial charge is 0.0459 e. The summed E-state index contributed by atoms with van der Waals surface area (Å²) < 4.78 is 0. The summed E-state index contributed by atoms with van der Waals surface area (Å²) in [5, 5.41) is 13.0. The van der Waals surface area contributed by atoms with E-state index in [1.54, 1.807) is 0 Å². The van der Waals surface area contributed by atoms with E-state index < -0.39 is 0 Å². The highest BCUT2D eigenvalue weighted by atomic mass is 32.1. The van der Waals surface area contributed by atoms with Crippen molar-refractivity contribution in [3.8, 4) is 0 Å². The van der Waals surface area contributed by atoms with E-state index in [0.29, 0.717) is 6.04 Å². The fourth-order valence-electron chi connectivity index (χ4n) is 4.05. The lowest BCUT2D eigenvalue weighted by molar-refractivity contribution is 0.0501. The largest absolute Gasteiger partial charge is 0.396 e. The molecule has 5 heteroatoms. The molecule has 3 aromatic rings. The Morgan fingerprint density at radius 2 is 2.04 bits per heavy atom. The summed E-state index contributed by atoms with van der Waals surface area (Å²) in [5.74, 6) is 0. The maximum Gasteiger partial charge on any atom is 0.0459 e. The number of nitrogens with zero attached hydrogens (tertiary/aromatic N) is 2. The summed E-state index contributed by atoms with van der Waals surface area (Å²) in [6.07, 6.45) is 0.841. The first-order valence-electron chi connectivity index (χ1n) is 9.40. The average molecular weight is 370 g/mol. The van der Waals surface area contributed by atoms with Crippen molar-refractivity contribution < 1.29 is 5.11 Å². The molecule has 1 aromatic carbocycles. The lowest BCUT2D eigenvalue weighted by Gasteiger charge is -2.41. The second kappa shape index (κ2) is 7.92. The normalized spacial score (nSPS) is 19.4. The maximum absolute atomic E-state index is 9.53. The number of aliphatic hydroxyl groups excluding tert-OH is 1. The molecule has 1 saturated heterocycles. The molecule has 0 bridgehead atoms. The van der Waals surface area contributed by atoms with Crippen molar-refractivity contribution in [1.82, 2.24) is 14.8 Å². The number of rotatable bonds is 6. The molecule has 0 spiro atoms. The Morgan fingerprint density at radius 3 is 2.81 bits per heavy atom. The van der Waals surface area contributed by atoms with Crippen LogP contribution in [0.25, 0.3) is 10.9 Å². The minimum Gasteiger partial charge on any atom is -0.396 e.